The predicted molar refractivity (Wildman–Crippen MR) is 78.4 cm³/mol. The zero-order valence-electron chi connectivity index (χ0n) is 11.7. The Hall–Kier alpha value is -1.29. The number of anilines is 1. The smallest absolute Gasteiger partial charge is 0.0881 e. The molecule has 0 aliphatic rings. The van der Waals surface area contributed by atoms with Crippen LogP contribution < -0.4 is 5.32 Å². The molecule has 0 bridgehead atoms. The highest BCUT2D eigenvalue weighted by molar-refractivity contribution is 7.10. The summed E-state index contributed by atoms with van der Waals surface area (Å²) in [6.45, 7) is 8.72. The number of hydrogen-bond acceptors (Lipinski definition) is 3. The SMILES string of the molecule is Cc1ccsc1C(C)Nc1cn(C)nc1C(C)C. The second-order valence-corrected chi connectivity index (χ2v) is 6.04. The molecule has 0 aliphatic heterocycles. The molecule has 0 radical (unpaired) electrons. The summed E-state index contributed by atoms with van der Waals surface area (Å²) in [7, 11) is 1.97. The van der Waals surface area contributed by atoms with Gasteiger partial charge in [-0.15, -0.1) is 11.3 Å². The third-order valence-corrected chi connectivity index (χ3v) is 4.27. The van der Waals surface area contributed by atoms with E-state index in [-0.39, 0.29) is 0 Å². The van der Waals surface area contributed by atoms with E-state index in [1.54, 1.807) is 0 Å². The highest BCUT2D eigenvalue weighted by Crippen LogP contribution is 2.30. The zero-order valence-corrected chi connectivity index (χ0v) is 12.5. The lowest BCUT2D eigenvalue weighted by atomic mass is 10.1. The van der Waals surface area contributed by atoms with Crippen molar-refractivity contribution in [2.24, 2.45) is 7.05 Å². The Morgan fingerprint density at radius 2 is 2.06 bits per heavy atom. The fourth-order valence-electron chi connectivity index (χ4n) is 2.17. The third kappa shape index (κ3) is 2.58. The quantitative estimate of drug-likeness (QED) is 0.900. The van der Waals surface area contributed by atoms with Gasteiger partial charge in [-0.05, 0) is 36.8 Å². The van der Waals surface area contributed by atoms with Crippen molar-refractivity contribution >= 4 is 17.0 Å². The van der Waals surface area contributed by atoms with Crippen molar-refractivity contribution in [1.29, 1.82) is 0 Å². The van der Waals surface area contributed by atoms with Crippen LogP contribution in [-0.2, 0) is 7.05 Å². The van der Waals surface area contributed by atoms with Crippen LogP contribution in [-0.4, -0.2) is 9.78 Å². The van der Waals surface area contributed by atoms with Gasteiger partial charge in [0.25, 0.3) is 0 Å². The minimum Gasteiger partial charge on any atom is -0.375 e. The first-order valence-corrected chi connectivity index (χ1v) is 7.21. The zero-order chi connectivity index (χ0) is 13.3. The van der Waals surface area contributed by atoms with Crippen molar-refractivity contribution in [3.63, 3.8) is 0 Å². The number of thiophene rings is 1. The molecule has 2 aromatic rings. The van der Waals surface area contributed by atoms with Gasteiger partial charge in [0.2, 0.25) is 0 Å². The normalized spacial score (nSPS) is 13.0. The predicted octanol–water partition coefficient (Wildman–Crippen LogP) is 4.09. The number of nitrogens with one attached hydrogen (secondary N) is 1. The maximum absolute atomic E-state index is 4.52. The second kappa shape index (κ2) is 5.14. The highest BCUT2D eigenvalue weighted by Gasteiger charge is 2.15. The van der Waals surface area contributed by atoms with Crippen LogP contribution in [0.15, 0.2) is 17.6 Å². The summed E-state index contributed by atoms with van der Waals surface area (Å²) in [5.74, 6) is 0.435. The molecule has 2 aromatic heterocycles. The molecule has 98 valence electrons. The van der Waals surface area contributed by atoms with Crippen molar-refractivity contribution in [2.45, 2.75) is 39.7 Å². The van der Waals surface area contributed by atoms with E-state index in [2.05, 4.69) is 55.8 Å². The third-order valence-electron chi connectivity index (χ3n) is 3.07. The number of hydrogen-bond donors (Lipinski definition) is 1. The Kier molecular flexibility index (Phi) is 3.76. The minimum atomic E-state index is 0.326. The van der Waals surface area contributed by atoms with E-state index in [1.807, 2.05) is 23.1 Å². The first-order chi connectivity index (χ1) is 8.49. The van der Waals surface area contributed by atoms with Crippen LogP contribution in [0.4, 0.5) is 5.69 Å². The highest BCUT2D eigenvalue weighted by atomic mass is 32.1. The van der Waals surface area contributed by atoms with Crippen molar-refractivity contribution in [3.05, 3.63) is 33.8 Å². The molecule has 0 aromatic carbocycles. The Morgan fingerprint density at radius 3 is 2.61 bits per heavy atom. The van der Waals surface area contributed by atoms with Crippen molar-refractivity contribution < 1.29 is 0 Å². The van der Waals surface area contributed by atoms with Crippen LogP contribution in [0, 0.1) is 6.92 Å². The molecule has 1 N–H and O–H groups in total. The van der Waals surface area contributed by atoms with E-state index in [1.165, 1.54) is 10.4 Å². The molecule has 0 aliphatic carbocycles. The van der Waals surface area contributed by atoms with Gasteiger partial charge in [-0.1, -0.05) is 13.8 Å². The molecule has 0 spiro atoms. The van der Waals surface area contributed by atoms with Gasteiger partial charge in [0.05, 0.1) is 17.4 Å². The fraction of sp³-hybridized carbons (Fsp3) is 0.500. The number of nitrogens with zero attached hydrogens (tertiary/aromatic N) is 2. The summed E-state index contributed by atoms with van der Waals surface area (Å²) >= 11 is 1.81. The fourth-order valence-corrected chi connectivity index (χ4v) is 3.11. The summed E-state index contributed by atoms with van der Waals surface area (Å²) in [5.41, 5.74) is 3.64. The van der Waals surface area contributed by atoms with Crippen LogP contribution >= 0.6 is 11.3 Å². The van der Waals surface area contributed by atoms with E-state index in [9.17, 15) is 0 Å². The first kappa shape index (κ1) is 13.1. The van der Waals surface area contributed by atoms with Gasteiger partial charge in [0, 0.05) is 18.1 Å². The molecule has 0 amide bonds. The Morgan fingerprint density at radius 1 is 1.33 bits per heavy atom. The van der Waals surface area contributed by atoms with Crippen molar-refractivity contribution in [1.82, 2.24) is 9.78 Å². The van der Waals surface area contributed by atoms with Crippen LogP contribution in [0.5, 0.6) is 0 Å². The van der Waals surface area contributed by atoms with Gasteiger partial charge in [-0.25, -0.2) is 0 Å². The van der Waals surface area contributed by atoms with E-state index in [0.29, 0.717) is 12.0 Å². The van der Waals surface area contributed by atoms with Gasteiger partial charge >= 0.3 is 0 Å². The second-order valence-electron chi connectivity index (χ2n) is 5.09. The van der Waals surface area contributed by atoms with E-state index < -0.39 is 0 Å². The lowest BCUT2D eigenvalue weighted by Gasteiger charge is -2.15. The summed E-state index contributed by atoms with van der Waals surface area (Å²) in [6.07, 6.45) is 2.06. The summed E-state index contributed by atoms with van der Waals surface area (Å²) in [4.78, 5) is 1.40. The standard InChI is InChI=1S/C14H21N3S/c1-9(2)13-12(8-17(5)16-13)15-11(4)14-10(3)6-7-18-14/h6-9,11,15H,1-5H3. The lowest BCUT2D eigenvalue weighted by molar-refractivity contribution is 0.713. The largest absolute Gasteiger partial charge is 0.375 e. The average molecular weight is 263 g/mol. The maximum Gasteiger partial charge on any atom is 0.0881 e. The molecule has 3 nitrogen and oxygen atoms in total. The minimum absolute atomic E-state index is 0.326. The Labute approximate surface area is 113 Å². The van der Waals surface area contributed by atoms with Crippen molar-refractivity contribution in [2.75, 3.05) is 5.32 Å². The number of aryl methyl sites for hydroxylation is 2. The molecule has 0 saturated heterocycles. The van der Waals surface area contributed by atoms with Crippen LogP contribution in [0.25, 0.3) is 0 Å². The van der Waals surface area contributed by atoms with Gasteiger partial charge in [0.1, 0.15) is 0 Å². The van der Waals surface area contributed by atoms with Gasteiger partial charge in [0.15, 0.2) is 0 Å². The molecule has 1 atom stereocenters. The number of aromatic nitrogens is 2. The van der Waals surface area contributed by atoms with Crippen molar-refractivity contribution in [3.8, 4) is 0 Å². The van der Waals surface area contributed by atoms with Crippen LogP contribution in [0.2, 0.25) is 0 Å². The molecular formula is C14H21N3S. The lowest BCUT2D eigenvalue weighted by Crippen LogP contribution is -2.07. The molecule has 18 heavy (non-hydrogen) atoms. The summed E-state index contributed by atoms with van der Waals surface area (Å²) in [5, 5.41) is 10.3. The number of rotatable bonds is 4. The molecule has 1 unspecified atom stereocenters. The average Bonchev–Trinajstić information content (AvgIpc) is 2.84. The van der Waals surface area contributed by atoms with E-state index in [0.717, 1.165) is 11.4 Å². The first-order valence-electron chi connectivity index (χ1n) is 6.33. The Balaban J connectivity index is 2.21. The topological polar surface area (TPSA) is 29.9 Å². The van der Waals surface area contributed by atoms with Gasteiger partial charge in [-0.3, -0.25) is 4.68 Å². The Bertz CT molecular complexity index is 525. The van der Waals surface area contributed by atoms with E-state index >= 15 is 0 Å². The summed E-state index contributed by atoms with van der Waals surface area (Å²) in [6, 6.07) is 2.50. The van der Waals surface area contributed by atoms with Crippen LogP contribution in [0.3, 0.4) is 0 Å². The molecule has 4 heteroatoms. The molecular weight excluding hydrogens is 242 g/mol. The molecule has 0 saturated carbocycles. The molecule has 2 heterocycles. The van der Waals surface area contributed by atoms with E-state index in [4.69, 9.17) is 0 Å². The maximum atomic E-state index is 4.52. The van der Waals surface area contributed by atoms with Crippen LogP contribution in [0.1, 0.15) is 48.9 Å². The van der Waals surface area contributed by atoms with Gasteiger partial charge in [-0.2, -0.15) is 5.10 Å². The molecule has 2 rings (SSSR count). The van der Waals surface area contributed by atoms with Gasteiger partial charge < -0.3 is 5.32 Å². The monoisotopic (exact) mass is 263 g/mol. The summed E-state index contributed by atoms with van der Waals surface area (Å²) < 4.78 is 1.88. The molecule has 0 fully saturated rings.